The van der Waals surface area contributed by atoms with Crippen molar-refractivity contribution in [2.45, 2.75) is 64.1 Å². The first-order chi connectivity index (χ1) is 12.4. The molecular weight excluding hydrogens is 332 g/mol. The monoisotopic (exact) mass is 362 g/mol. The third-order valence-electron chi connectivity index (χ3n) is 4.83. The van der Waals surface area contributed by atoms with Gasteiger partial charge in [0.05, 0.1) is 0 Å². The van der Waals surface area contributed by atoms with Gasteiger partial charge in [-0.1, -0.05) is 6.07 Å². The van der Waals surface area contributed by atoms with Gasteiger partial charge in [0.1, 0.15) is 11.7 Å². The summed E-state index contributed by atoms with van der Waals surface area (Å²) in [4.78, 5) is 18.4. The lowest BCUT2D eigenvalue weighted by molar-refractivity contribution is 0.0121. The number of carbonyl (C=O) groups excluding carboxylic acids is 1. The number of nitrogens with zero attached hydrogens (tertiary/aromatic N) is 2. The SMILES string of the molecule is CC(C)(C)OC(=O)N1CCC(Oc2ncccc2C2CCOCC2)CC1. The molecule has 6 nitrogen and oxygen atoms in total. The molecule has 1 aromatic rings. The summed E-state index contributed by atoms with van der Waals surface area (Å²) in [7, 11) is 0. The molecule has 144 valence electrons. The molecule has 2 aliphatic heterocycles. The Morgan fingerprint density at radius 3 is 2.54 bits per heavy atom. The van der Waals surface area contributed by atoms with E-state index >= 15 is 0 Å². The number of pyridine rings is 1. The summed E-state index contributed by atoms with van der Waals surface area (Å²) in [6, 6.07) is 4.09. The van der Waals surface area contributed by atoms with Gasteiger partial charge in [-0.15, -0.1) is 0 Å². The van der Waals surface area contributed by atoms with Crippen LogP contribution in [0.25, 0.3) is 0 Å². The highest BCUT2D eigenvalue weighted by Gasteiger charge is 2.29. The second-order valence-electron chi connectivity index (χ2n) is 8.07. The highest BCUT2D eigenvalue weighted by atomic mass is 16.6. The maximum atomic E-state index is 12.2. The molecule has 1 aromatic heterocycles. The van der Waals surface area contributed by atoms with Crippen molar-refractivity contribution >= 4 is 6.09 Å². The average molecular weight is 362 g/mol. The summed E-state index contributed by atoms with van der Waals surface area (Å²) in [6.07, 6.45) is 5.25. The van der Waals surface area contributed by atoms with Crippen LogP contribution in [0.4, 0.5) is 4.79 Å². The molecule has 3 heterocycles. The zero-order chi connectivity index (χ0) is 18.6. The number of likely N-dealkylation sites (tertiary alicyclic amines) is 1. The van der Waals surface area contributed by atoms with E-state index in [9.17, 15) is 4.79 Å². The third kappa shape index (κ3) is 5.10. The summed E-state index contributed by atoms with van der Waals surface area (Å²) in [6.45, 7) is 8.57. The van der Waals surface area contributed by atoms with E-state index in [0.717, 1.165) is 44.8 Å². The van der Waals surface area contributed by atoms with Crippen LogP contribution in [0.3, 0.4) is 0 Å². The largest absolute Gasteiger partial charge is 0.474 e. The Kier molecular flexibility index (Phi) is 6.01. The maximum absolute atomic E-state index is 12.2. The minimum Gasteiger partial charge on any atom is -0.474 e. The number of rotatable bonds is 3. The quantitative estimate of drug-likeness (QED) is 0.819. The van der Waals surface area contributed by atoms with E-state index in [1.807, 2.05) is 26.8 Å². The van der Waals surface area contributed by atoms with Gasteiger partial charge < -0.3 is 19.1 Å². The number of ether oxygens (including phenoxy) is 3. The van der Waals surface area contributed by atoms with Gasteiger partial charge in [0.25, 0.3) is 0 Å². The Bertz CT molecular complexity index is 600. The Labute approximate surface area is 155 Å². The van der Waals surface area contributed by atoms with Gasteiger partial charge in [0, 0.05) is 50.9 Å². The van der Waals surface area contributed by atoms with Crippen molar-refractivity contribution in [1.29, 1.82) is 0 Å². The normalized spacial score (nSPS) is 20.0. The van der Waals surface area contributed by atoms with Gasteiger partial charge in [-0.2, -0.15) is 0 Å². The molecule has 0 spiro atoms. The summed E-state index contributed by atoms with van der Waals surface area (Å²) in [5.74, 6) is 1.20. The molecule has 2 aliphatic rings. The minimum atomic E-state index is -0.461. The molecule has 26 heavy (non-hydrogen) atoms. The van der Waals surface area contributed by atoms with Crippen molar-refractivity contribution in [2.75, 3.05) is 26.3 Å². The van der Waals surface area contributed by atoms with Crippen molar-refractivity contribution in [1.82, 2.24) is 9.88 Å². The molecule has 0 saturated carbocycles. The molecule has 0 aliphatic carbocycles. The summed E-state index contributed by atoms with van der Waals surface area (Å²) >= 11 is 0. The number of amides is 1. The highest BCUT2D eigenvalue weighted by molar-refractivity contribution is 5.68. The third-order valence-corrected chi connectivity index (χ3v) is 4.83. The Morgan fingerprint density at radius 2 is 1.88 bits per heavy atom. The summed E-state index contributed by atoms with van der Waals surface area (Å²) < 4.78 is 17.2. The van der Waals surface area contributed by atoms with Crippen LogP contribution < -0.4 is 4.74 Å². The van der Waals surface area contributed by atoms with Crippen LogP contribution in [0.1, 0.15) is 57.9 Å². The molecular formula is C20H30N2O4. The van der Waals surface area contributed by atoms with Crippen LogP contribution in [0.15, 0.2) is 18.3 Å². The molecule has 2 fully saturated rings. The molecule has 0 atom stereocenters. The van der Waals surface area contributed by atoms with Gasteiger partial charge in [0.15, 0.2) is 0 Å². The first kappa shape index (κ1) is 19.0. The second kappa shape index (κ2) is 8.25. The lowest BCUT2D eigenvalue weighted by Crippen LogP contribution is -2.44. The van der Waals surface area contributed by atoms with Crippen LogP contribution in [0.2, 0.25) is 0 Å². The number of aromatic nitrogens is 1. The molecule has 0 aromatic carbocycles. The molecule has 2 saturated heterocycles. The van der Waals surface area contributed by atoms with E-state index < -0.39 is 5.60 Å². The van der Waals surface area contributed by atoms with Gasteiger partial charge >= 0.3 is 6.09 Å². The zero-order valence-electron chi connectivity index (χ0n) is 16.1. The van der Waals surface area contributed by atoms with E-state index in [4.69, 9.17) is 14.2 Å². The summed E-state index contributed by atoms with van der Waals surface area (Å²) in [5.41, 5.74) is 0.724. The Morgan fingerprint density at radius 1 is 1.19 bits per heavy atom. The number of carbonyl (C=O) groups is 1. The maximum Gasteiger partial charge on any atom is 0.410 e. The molecule has 0 unspecified atom stereocenters. The van der Waals surface area contributed by atoms with E-state index in [-0.39, 0.29) is 12.2 Å². The molecule has 1 amide bonds. The van der Waals surface area contributed by atoms with E-state index in [1.54, 1.807) is 11.1 Å². The highest BCUT2D eigenvalue weighted by Crippen LogP contribution is 2.33. The van der Waals surface area contributed by atoms with Crippen LogP contribution in [0, 0.1) is 0 Å². The number of piperidine rings is 1. The fourth-order valence-corrected chi connectivity index (χ4v) is 3.46. The van der Waals surface area contributed by atoms with Crippen molar-refractivity contribution < 1.29 is 19.0 Å². The standard InChI is InChI=1S/C20H30N2O4/c1-20(2,3)26-19(23)22-11-6-16(7-12-22)25-18-17(5-4-10-21-18)15-8-13-24-14-9-15/h4-5,10,15-16H,6-9,11-14H2,1-3H3. The van der Waals surface area contributed by atoms with Crippen LogP contribution in [0.5, 0.6) is 5.88 Å². The minimum absolute atomic E-state index is 0.0853. The topological polar surface area (TPSA) is 60.9 Å². The van der Waals surface area contributed by atoms with E-state index in [2.05, 4.69) is 11.1 Å². The molecule has 3 rings (SSSR count). The van der Waals surface area contributed by atoms with Crippen molar-refractivity contribution in [3.8, 4) is 5.88 Å². The summed E-state index contributed by atoms with van der Waals surface area (Å²) in [5, 5.41) is 0. The van der Waals surface area contributed by atoms with Gasteiger partial charge in [-0.3, -0.25) is 0 Å². The Balaban J connectivity index is 1.56. The number of hydrogen-bond acceptors (Lipinski definition) is 5. The van der Waals surface area contributed by atoms with Crippen molar-refractivity contribution in [3.05, 3.63) is 23.9 Å². The zero-order valence-corrected chi connectivity index (χ0v) is 16.1. The average Bonchev–Trinajstić information content (AvgIpc) is 2.62. The molecule has 0 bridgehead atoms. The number of hydrogen-bond donors (Lipinski definition) is 0. The molecule has 6 heteroatoms. The van der Waals surface area contributed by atoms with Gasteiger partial charge in [-0.05, 0) is 45.6 Å². The Hall–Kier alpha value is -1.82. The van der Waals surface area contributed by atoms with Gasteiger partial charge in [-0.25, -0.2) is 9.78 Å². The second-order valence-corrected chi connectivity index (χ2v) is 8.07. The fourth-order valence-electron chi connectivity index (χ4n) is 3.46. The smallest absolute Gasteiger partial charge is 0.410 e. The fraction of sp³-hybridized carbons (Fsp3) is 0.700. The van der Waals surface area contributed by atoms with Crippen molar-refractivity contribution in [2.24, 2.45) is 0 Å². The predicted octanol–water partition coefficient (Wildman–Crippen LogP) is 3.75. The predicted molar refractivity (Wildman–Crippen MR) is 98.5 cm³/mol. The van der Waals surface area contributed by atoms with Crippen LogP contribution >= 0.6 is 0 Å². The van der Waals surface area contributed by atoms with Gasteiger partial charge in [0.2, 0.25) is 5.88 Å². The van der Waals surface area contributed by atoms with E-state index in [1.165, 1.54) is 5.56 Å². The lowest BCUT2D eigenvalue weighted by Gasteiger charge is -2.34. The first-order valence-corrected chi connectivity index (χ1v) is 9.59. The molecule has 0 N–H and O–H groups in total. The van der Waals surface area contributed by atoms with Crippen LogP contribution in [-0.4, -0.2) is 54.0 Å². The first-order valence-electron chi connectivity index (χ1n) is 9.59. The lowest BCUT2D eigenvalue weighted by atomic mass is 9.92. The van der Waals surface area contributed by atoms with E-state index in [0.29, 0.717) is 19.0 Å². The van der Waals surface area contributed by atoms with Crippen LogP contribution in [-0.2, 0) is 9.47 Å². The van der Waals surface area contributed by atoms with Crippen molar-refractivity contribution in [3.63, 3.8) is 0 Å². The molecule has 0 radical (unpaired) electrons.